The van der Waals surface area contributed by atoms with Crippen LogP contribution in [-0.4, -0.2) is 45.9 Å². The number of rotatable bonds is 9. The molecule has 0 spiro atoms. The number of benzene rings is 2. The molecule has 0 aliphatic rings. The van der Waals surface area contributed by atoms with Gasteiger partial charge >= 0.3 is 0 Å². The number of anilines is 1. The summed E-state index contributed by atoms with van der Waals surface area (Å²) in [6, 6.07) is 11.4. The zero-order chi connectivity index (χ0) is 21.6. The van der Waals surface area contributed by atoms with Gasteiger partial charge in [-0.1, -0.05) is 19.9 Å². The van der Waals surface area contributed by atoms with E-state index in [0.717, 1.165) is 4.31 Å². The average Bonchev–Trinajstić information content (AvgIpc) is 2.67. The zero-order valence-electron chi connectivity index (χ0n) is 17.4. The fourth-order valence-corrected chi connectivity index (χ4v) is 3.50. The van der Waals surface area contributed by atoms with E-state index >= 15 is 0 Å². The van der Waals surface area contributed by atoms with E-state index in [-0.39, 0.29) is 16.6 Å². The summed E-state index contributed by atoms with van der Waals surface area (Å²) >= 11 is 0. The molecule has 7 nitrogen and oxygen atoms in total. The highest BCUT2D eigenvalue weighted by molar-refractivity contribution is 7.89. The van der Waals surface area contributed by atoms with Crippen LogP contribution >= 0.6 is 0 Å². The number of carbonyl (C=O) groups is 1. The van der Waals surface area contributed by atoms with Gasteiger partial charge in [-0.25, -0.2) is 12.7 Å². The molecule has 0 radical (unpaired) electrons. The standard InChI is InChI=1S/C21H28N2O5S/c1-6-27-19-11-10-17(13-20(19)29(25,26)23(4)5)22-21(24)16-8-7-9-18(12-16)28-14-15(2)3/h7-13,15H,6,14H2,1-5H3,(H,22,24). The first-order valence-corrected chi connectivity index (χ1v) is 10.8. The number of ether oxygens (including phenoxy) is 2. The molecule has 0 heterocycles. The van der Waals surface area contributed by atoms with Crippen LogP contribution in [0, 0.1) is 5.92 Å². The number of nitrogens with one attached hydrogen (secondary N) is 1. The molecule has 0 saturated carbocycles. The van der Waals surface area contributed by atoms with Crippen molar-refractivity contribution in [3.05, 3.63) is 48.0 Å². The molecule has 2 rings (SSSR count). The van der Waals surface area contributed by atoms with Crippen LogP contribution in [0.3, 0.4) is 0 Å². The monoisotopic (exact) mass is 420 g/mol. The number of sulfonamides is 1. The predicted octanol–water partition coefficient (Wildman–Crippen LogP) is 3.62. The molecule has 0 aliphatic heterocycles. The summed E-state index contributed by atoms with van der Waals surface area (Å²) < 4.78 is 37.5. The van der Waals surface area contributed by atoms with Gasteiger partial charge in [-0.2, -0.15) is 0 Å². The Kier molecular flexibility index (Phi) is 7.64. The lowest BCUT2D eigenvalue weighted by Crippen LogP contribution is -2.23. The third-order valence-corrected chi connectivity index (χ3v) is 5.78. The first kappa shape index (κ1) is 22.7. The lowest BCUT2D eigenvalue weighted by Gasteiger charge is -2.17. The molecule has 0 fully saturated rings. The van der Waals surface area contributed by atoms with Gasteiger partial charge in [0, 0.05) is 25.3 Å². The normalized spacial score (nSPS) is 11.6. The van der Waals surface area contributed by atoms with Gasteiger partial charge in [0.15, 0.2) is 0 Å². The minimum Gasteiger partial charge on any atom is -0.493 e. The fourth-order valence-electron chi connectivity index (χ4n) is 2.45. The van der Waals surface area contributed by atoms with Crippen molar-refractivity contribution in [3.63, 3.8) is 0 Å². The lowest BCUT2D eigenvalue weighted by molar-refractivity contribution is 0.102. The summed E-state index contributed by atoms with van der Waals surface area (Å²) in [6.07, 6.45) is 0. The Labute approximate surface area is 172 Å². The van der Waals surface area contributed by atoms with Gasteiger partial charge in [0.2, 0.25) is 10.0 Å². The van der Waals surface area contributed by atoms with Gasteiger partial charge in [-0.05, 0) is 49.2 Å². The molecule has 0 aromatic heterocycles. The Morgan fingerprint density at radius 1 is 1.10 bits per heavy atom. The molecule has 1 N–H and O–H groups in total. The second-order valence-electron chi connectivity index (χ2n) is 7.07. The number of hydrogen-bond donors (Lipinski definition) is 1. The molecule has 158 valence electrons. The van der Waals surface area contributed by atoms with Gasteiger partial charge < -0.3 is 14.8 Å². The summed E-state index contributed by atoms with van der Waals surface area (Å²) in [7, 11) is -0.851. The largest absolute Gasteiger partial charge is 0.493 e. The van der Waals surface area contributed by atoms with E-state index in [1.807, 2.05) is 13.8 Å². The molecule has 0 saturated heterocycles. The van der Waals surface area contributed by atoms with Crippen LogP contribution in [-0.2, 0) is 10.0 Å². The fraction of sp³-hybridized carbons (Fsp3) is 0.381. The van der Waals surface area contributed by atoms with E-state index in [4.69, 9.17) is 9.47 Å². The molecule has 8 heteroatoms. The van der Waals surface area contributed by atoms with Crippen molar-refractivity contribution in [3.8, 4) is 11.5 Å². The van der Waals surface area contributed by atoms with E-state index in [2.05, 4.69) is 5.32 Å². The summed E-state index contributed by atoms with van der Waals surface area (Å²) in [6.45, 7) is 6.74. The first-order chi connectivity index (χ1) is 13.6. The van der Waals surface area contributed by atoms with Crippen molar-refractivity contribution in [2.75, 3.05) is 32.6 Å². The summed E-state index contributed by atoms with van der Waals surface area (Å²) in [4.78, 5) is 12.6. The van der Waals surface area contributed by atoms with Crippen molar-refractivity contribution in [2.24, 2.45) is 5.92 Å². The number of nitrogens with zero attached hydrogens (tertiary/aromatic N) is 1. The second kappa shape index (κ2) is 9.76. The van der Waals surface area contributed by atoms with Crippen LogP contribution in [0.5, 0.6) is 11.5 Å². The molecule has 29 heavy (non-hydrogen) atoms. The molecule has 0 bridgehead atoms. The van der Waals surface area contributed by atoms with E-state index < -0.39 is 10.0 Å². The summed E-state index contributed by atoms with van der Waals surface area (Å²) in [5.41, 5.74) is 0.768. The quantitative estimate of drug-likeness (QED) is 0.670. The highest BCUT2D eigenvalue weighted by Crippen LogP contribution is 2.29. The SMILES string of the molecule is CCOc1ccc(NC(=O)c2cccc(OCC(C)C)c2)cc1S(=O)(=O)N(C)C. The van der Waals surface area contributed by atoms with Gasteiger partial charge in [0.05, 0.1) is 13.2 Å². The number of amides is 1. The van der Waals surface area contributed by atoms with Crippen molar-refractivity contribution in [1.29, 1.82) is 0 Å². The minimum atomic E-state index is -3.74. The summed E-state index contributed by atoms with van der Waals surface area (Å²) in [5.74, 6) is 0.850. The third-order valence-electron chi connectivity index (χ3n) is 3.94. The van der Waals surface area contributed by atoms with Gasteiger partial charge in [0.1, 0.15) is 16.4 Å². The predicted molar refractivity (Wildman–Crippen MR) is 113 cm³/mol. The Morgan fingerprint density at radius 3 is 2.45 bits per heavy atom. The molecule has 2 aromatic rings. The van der Waals surface area contributed by atoms with E-state index in [1.165, 1.54) is 26.2 Å². The maximum absolute atomic E-state index is 12.7. The zero-order valence-corrected chi connectivity index (χ0v) is 18.2. The van der Waals surface area contributed by atoms with Crippen molar-refractivity contribution >= 4 is 21.6 Å². The van der Waals surface area contributed by atoms with Gasteiger partial charge in [-0.3, -0.25) is 4.79 Å². The van der Waals surface area contributed by atoms with Crippen molar-refractivity contribution < 1.29 is 22.7 Å². The smallest absolute Gasteiger partial charge is 0.255 e. The van der Waals surface area contributed by atoms with E-state index in [1.54, 1.807) is 37.3 Å². The maximum Gasteiger partial charge on any atom is 0.255 e. The molecular weight excluding hydrogens is 392 g/mol. The maximum atomic E-state index is 12.7. The summed E-state index contributed by atoms with van der Waals surface area (Å²) in [5, 5.41) is 2.74. The van der Waals surface area contributed by atoms with Gasteiger partial charge in [0.25, 0.3) is 5.91 Å². The van der Waals surface area contributed by atoms with Crippen LogP contribution in [0.1, 0.15) is 31.1 Å². The van der Waals surface area contributed by atoms with Crippen LogP contribution in [0.4, 0.5) is 5.69 Å². The molecule has 0 aliphatic carbocycles. The molecule has 2 aromatic carbocycles. The number of hydrogen-bond acceptors (Lipinski definition) is 5. The molecule has 1 amide bonds. The Hall–Kier alpha value is -2.58. The van der Waals surface area contributed by atoms with Crippen LogP contribution < -0.4 is 14.8 Å². The van der Waals surface area contributed by atoms with Crippen LogP contribution in [0.2, 0.25) is 0 Å². The second-order valence-corrected chi connectivity index (χ2v) is 9.19. The molecule has 0 atom stereocenters. The minimum absolute atomic E-state index is 0.00355. The van der Waals surface area contributed by atoms with Crippen LogP contribution in [0.25, 0.3) is 0 Å². The Morgan fingerprint density at radius 2 is 1.83 bits per heavy atom. The van der Waals surface area contributed by atoms with Gasteiger partial charge in [-0.15, -0.1) is 0 Å². The van der Waals surface area contributed by atoms with E-state index in [0.29, 0.717) is 36.1 Å². The van der Waals surface area contributed by atoms with Crippen LogP contribution in [0.15, 0.2) is 47.4 Å². The topological polar surface area (TPSA) is 84.9 Å². The molecular formula is C21H28N2O5S. The Balaban J connectivity index is 2.28. The lowest BCUT2D eigenvalue weighted by atomic mass is 10.2. The average molecular weight is 421 g/mol. The van der Waals surface area contributed by atoms with Crippen molar-refractivity contribution in [2.45, 2.75) is 25.7 Å². The highest BCUT2D eigenvalue weighted by Gasteiger charge is 2.23. The first-order valence-electron chi connectivity index (χ1n) is 9.38. The third kappa shape index (κ3) is 5.95. The van der Waals surface area contributed by atoms with Crippen molar-refractivity contribution in [1.82, 2.24) is 4.31 Å². The Bertz CT molecular complexity index is 955. The highest BCUT2D eigenvalue weighted by atomic mass is 32.2. The number of carbonyl (C=O) groups excluding carboxylic acids is 1. The van der Waals surface area contributed by atoms with E-state index in [9.17, 15) is 13.2 Å². The molecule has 0 unspecified atom stereocenters.